The molecule has 1 amide bonds. The Morgan fingerprint density at radius 2 is 2.22 bits per heavy atom. The molecule has 7 heteroatoms. The van der Waals surface area contributed by atoms with Crippen LogP contribution < -0.4 is 5.32 Å². The first kappa shape index (κ1) is 16.4. The van der Waals surface area contributed by atoms with E-state index in [1.807, 2.05) is 18.5 Å². The number of carbonyl (C=O) groups excluding carboxylic acids is 1. The van der Waals surface area contributed by atoms with Gasteiger partial charge >= 0.3 is 0 Å². The summed E-state index contributed by atoms with van der Waals surface area (Å²) in [6.45, 7) is 3.21. The average molecular weight is 322 g/mol. The molecule has 0 bridgehead atoms. The first-order valence-corrected chi connectivity index (χ1v) is 8.49. The minimum absolute atomic E-state index is 0.0691. The fourth-order valence-electron chi connectivity index (χ4n) is 3.72. The van der Waals surface area contributed by atoms with Gasteiger partial charge in [-0.25, -0.2) is 0 Å². The zero-order chi connectivity index (χ0) is 16.4. The first-order valence-electron chi connectivity index (χ1n) is 8.49. The summed E-state index contributed by atoms with van der Waals surface area (Å²) in [4.78, 5) is 12.1. The quantitative estimate of drug-likeness (QED) is 0.800. The number of carbonyl (C=O) groups is 1. The van der Waals surface area contributed by atoms with E-state index >= 15 is 0 Å². The fourth-order valence-corrected chi connectivity index (χ4v) is 3.72. The Labute approximate surface area is 136 Å². The molecule has 23 heavy (non-hydrogen) atoms. The van der Waals surface area contributed by atoms with E-state index < -0.39 is 6.10 Å². The molecule has 3 atom stereocenters. The van der Waals surface area contributed by atoms with Gasteiger partial charge in [0.1, 0.15) is 12.2 Å². The average Bonchev–Trinajstić information content (AvgIpc) is 3.05. The van der Waals surface area contributed by atoms with Gasteiger partial charge in [0.2, 0.25) is 5.91 Å². The third-order valence-electron chi connectivity index (χ3n) is 5.18. The highest BCUT2D eigenvalue weighted by atomic mass is 16.5. The van der Waals surface area contributed by atoms with Crippen LogP contribution >= 0.6 is 0 Å². The van der Waals surface area contributed by atoms with E-state index in [0.717, 1.165) is 25.1 Å². The largest absolute Gasteiger partial charge is 0.393 e. The summed E-state index contributed by atoms with van der Waals surface area (Å²) < 4.78 is 7.39. The lowest BCUT2D eigenvalue weighted by atomic mass is 9.81. The molecule has 2 N–H and O–H groups in total. The predicted molar refractivity (Wildman–Crippen MR) is 83.6 cm³/mol. The van der Waals surface area contributed by atoms with Gasteiger partial charge in [-0.2, -0.15) is 0 Å². The number of hydrogen-bond acceptors (Lipinski definition) is 5. The van der Waals surface area contributed by atoms with E-state index in [2.05, 4.69) is 15.5 Å². The lowest BCUT2D eigenvalue weighted by Gasteiger charge is -2.34. The van der Waals surface area contributed by atoms with Crippen LogP contribution in [0.25, 0.3) is 0 Å². The van der Waals surface area contributed by atoms with Crippen molar-refractivity contribution in [2.75, 3.05) is 13.2 Å². The van der Waals surface area contributed by atoms with Crippen molar-refractivity contribution in [3.63, 3.8) is 0 Å². The highest BCUT2D eigenvalue weighted by Crippen LogP contribution is 2.37. The molecule has 0 radical (unpaired) electrons. The second-order valence-electron chi connectivity index (χ2n) is 6.79. The number of hydrogen-bond donors (Lipinski definition) is 2. The maximum atomic E-state index is 12.1. The highest BCUT2D eigenvalue weighted by Gasteiger charge is 2.38. The Morgan fingerprint density at radius 3 is 2.87 bits per heavy atom. The Hall–Kier alpha value is -1.47. The van der Waals surface area contributed by atoms with Crippen LogP contribution in [0.1, 0.15) is 44.3 Å². The normalized spacial score (nSPS) is 33.4. The van der Waals surface area contributed by atoms with Gasteiger partial charge in [0.05, 0.1) is 12.2 Å². The van der Waals surface area contributed by atoms with Crippen molar-refractivity contribution in [2.45, 2.75) is 50.7 Å². The Kier molecular flexibility index (Phi) is 4.96. The van der Waals surface area contributed by atoms with Gasteiger partial charge in [0.15, 0.2) is 0 Å². The van der Waals surface area contributed by atoms with Crippen LogP contribution in [-0.2, 0) is 16.6 Å². The summed E-state index contributed by atoms with van der Waals surface area (Å²) in [6.07, 6.45) is 4.68. The summed E-state index contributed by atoms with van der Waals surface area (Å²) in [5.74, 6) is 1.38. The highest BCUT2D eigenvalue weighted by molar-refractivity contribution is 5.79. The molecule has 0 spiro atoms. The number of aryl methyl sites for hydroxylation is 1. The van der Waals surface area contributed by atoms with E-state index in [1.54, 1.807) is 6.33 Å². The SMILES string of the molecule is CCOC1CC(C(=O)NC[C@H]2C[C@H](c3nncn3C)C[C@H]2O)C1. The van der Waals surface area contributed by atoms with Crippen LogP contribution in [-0.4, -0.2) is 51.1 Å². The van der Waals surface area contributed by atoms with Crippen molar-refractivity contribution < 1.29 is 14.6 Å². The van der Waals surface area contributed by atoms with Crippen LogP contribution in [0.15, 0.2) is 6.33 Å². The van der Waals surface area contributed by atoms with Crippen LogP contribution in [0.3, 0.4) is 0 Å². The number of aliphatic hydroxyl groups excluding tert-OH is 1. The Bertz CT molecular complexity index is 541. The van der Waals surface area contributed by atoms with Gasteiger partial charge in [-0.15, -0.1) is 10.2 Å². The summed E-state index contributed by atoms with van der Waals surface area (Å²) in [5.41, 5.74) is 0. The van der Waals surface area contributed by atoms with Crippen LogP contribution in [0.2, 0.25) is 0 Å². The monoisotopic (exact) mass is 322 g/mol. The third-order valence-corrected chi connectivity index (χ3v) is 5.18. The Balaban J connectivity index is 1.44. The van der Waals surface area contributed by atoms with E-state index in [4.69, 9.17) is 4.74 Å². The second kappa shape index (κ2) is 6.97. The number of nitrogens with zero attached hydrogens (tertiary/aromatic N) is 3. The van der Waals surface area contributed by atoms with Gasteiger partial charge in [-0.05, 0) is 32.6 Å². The van der Waals surface area contributed by atoms with E-state index in [-0.39, 0.29) is 29.8 Å². The minimum Gasteiger partial charge on any atom is -0.393 e. The lowest BCUT2D eigenvalue weighted by Crippen LogP contribution is -2.44. The zero-order valence-electron chi connectivity index (χ0n) is 13.8. The maximum Gasteiger partial charge on any atom is 0.223 e. The smallest absolute Gasteiger partial charge is 0.223 e. The van der Waals surface area contributed by atoms with Crippen molar-refractivity contribution in [2.24, 2.45) is 18.9 Å². The molecule has 0 aromatic carbocycles. The van der Waals surface area contributed by atoms with Gasteiger partial charge in [0.25, 0.3) is 0 Å². The zero-order valence-corrected chi connectivity index (χ0v) is 13.8. The number of amides is 1. The summed E-state index contributed by atoms with van der Waals surface area (Å²) >= 11 is 0. The molecule has 2 fully saturated rings. The predicted octanol–water partition coefficient (Wildman–Crippen LogP) is 0.601. The molecule has 1 aromatic rings. The summed E-state index contributed by atoms with van der Waals surface area (Å²) in [5, 5.41) is 21.3. The van der Waals surface area contributed by atoms with Gasteiger partial charge in [-0.3, -0.25) is 4.79 Å². The molecule has 2 saturated carbocycles. The van der Waals surface area contributed by atoms with E-state index in [0.29, 0.717) is 19.6 Å². The van der Waals surface area contributed by atoms with E-state index in [1.165, 1.54) is 0 Å². The molecule has 0 saturated heterocycles. The number of rotatable bonds is 6. The van der Waals surface area contributed by atoms with E-state index in [9.17, 15) is 9.90 Å². The number of ether oxygens (including phenoxy) is 1. The van der Waals surface area contributed by atoms with Crippen molar-refractivity contribution in [1.82, 2.24) is 20.1 Å². The molecule has 0 aliphatic heterocycles. The van der Waals surface area contributed by atoms with Crippen molar-refractivity contribution in [3.8, 4) is 0 Å². The molecule has 2 aliphatic rings. The van der Waals surface area contributed by atoms with Crippen LogP contribution in [0, 0.1) is 11.8 Å². The topological polar surface area (TPSA) is 89.3 Å². The molecule has 0 unspecified atom stereocenters. The van der Waals surface area contributed by atoms with Gasteiger partial charge in [0, 0.05) is 38.0 Å². The minimum atomic E-state index is -0.394. The van der Waals surface area contributed by atoms with Crippen LogP contribution in [0.5, 0.6) is 0 Å². The van der Waals surface area contributed by atoms with Crippen LogP contribution in [0.4, 0.5) is 0 Å². The lowest BCUT2D eigenvalue weighted by molar-refractivity contribution is -0.134. The fraction of sp³-hybridized carbons (Fsp3) is 0.812. The molecular weight excluding hydrogens is 296 g/mol. The number of aliphatic hydroxyl groups is 1. The number of aromatic nitrogens is 3. The third kappa shape index (κ3) is 3.55. The van der Waals surface area contributed by atoms with Crippen molar-refractivity contribution in [1.29, 1.82) is 0 Å². The molecule has 128 valence electrons. The van der Waals surface area contributed by atoms with Gasteiger partial charge < -0.3 is 19.7 Å². The molecule has 3 rings (SSSR count). The molecule has 7 nitrogen and oxygen atoms in total. The molecule has 1 heterocycles. The van der Waals surface area contributed by atoms with Crippen molar-refractivity contribution in [3.05, 3.63) is 12.2 Å². The maximum absolute atomic E-state index is 12.1. The van der Waals surface area contributed by atoms with Crippen molar-refractivity contribution >= 4 is 5.91 Å². The standard InChI is InChI=1S/C16H26N4O3/c1-3-23-13-5-11(6-13)16(22)17-8-12-4-10(7-14(12)21)15-19-18-9-20(15)2/h9-14,21H,3-8H2,1-2H3,(H,17,22)/t10-,11?,12+,13?,14+/m0/s1. The molecule has 1 aromatic heterocycles. The summed E-state index contributed by atoms with van der Waals surface area (Å²) in [7, 11) is 1.92. The molecule has 2 aliphatic carbocycles. The molecular formula is C16H26N4O3. The summed E-state index contributed by atoms with van der Waals surface area (Å²) in [6, 6.07) is 0. The number of nitrogens with one attached hydrogen (secondary N) is 1. The Morgan fingerprint density at radius 1 is 1.43 bits per heavy atom. The first-order chi connectivity index (χ1) is 11.1. The second-order valence-corrected chi connectivity index (χ2v) is 6.79. The van der Waals surface area contributed by atoms with Gasteiger partial charge in [-0.1, -0.05) is 0 Å².